The molecule has 1 aromatic carbocycles. The highest BCUT2D eigenvalue weighted by Gasteiger charge is 2.25. The summed E-state index contributed by atoms with van der Waals surface area (Å²) >= 11 is 0. The maximum absolute atomic E-state index is 12.9. The molecule has 2 N–H and O–H groups in total. The Morgan fingerprint density at radius 3 is 2.40 bits per heavy atom. The number of hydrogen-bond donors (Lipinski definition) is 1. The summed E-state index contributed by atoms with van der Waals surface area (Å²) in [5.41, 5.74) is 6.02. The highest BCUT2D eigenvalue weighted by molar-refractivity contribution is 5.21. The standard InChI is InChI=1S/C11H13F2NO/c12-8-3-7(4-9(13)5-8)11-2-1-10(6-14)15-11/h3-5,10-11H,1-2,6,14H2/t10-,11+/m0/s1. The molecule has 2 rings (SSSR count). The van der Waals surface area contributed by atoms with Gasteiger partial charge in [0.25, 0.3) is 0 Å². The van der Waals surface area contributed by atoms with Crippen LogP contribution in [0.4, 0.5) is 8.78 Å². The molecule has 0 spiro atoms. The second-order valence-electron chi connectivity index (χ2n) is 3.76. The third-order valence-electron chi connectivity index (χ3n) is 2.63. The summed E-state index contributed by atoms with van der Waals surface area (Å²) in [5.74, 6) is -1.13. The third kappa shape index (κ3) is 2.33. The molecular weight excluding hydrogens is 200 g/mol. The predicted octanol–water partition coefficient (Wildman–Crippen LogP) is 2.14. The molecule has 1 aromatic rings. The van der Waals surface area contributed by atoms with Crippen molar-refractivity contribution in [1.29, 1.82) is 0 Å². The summed E-state index contributed by atoms with van der Waals surface area (Å²) in [6.45, 7) is 0.453. The molecule has 1 saturated heterocycles. The van der Waals surface area contributed by atoms with E-state index < -0.39 is 11.6 Å². The summed E-state index contributed by atoms with van der Waals surface area (Å²) in [7, 11) is 0. The van der Waals surface area contributed by atoms with E-state index in [-0.39, 0.29) is 12.2 Å². The van der Waals surface area contributed by atoms with Crippen LogP contribution >= 0.6 is 0 Å². The van der Waals surface area contributed by atoms with Crippen molar-refractivity contribution in [3.63, 3.8) is 0 Å². The first kappa shape index (κ1) is 10.5. The molecule has 2 nitrogen and oxygen atoms in total. The average Bonchev–Trinajstić information content (AvgIpc) is 2.64. The van der Waals surface area contributed by atoms with Crippen LogP contribution in [-0.2, 0) is 4.74 Å². The van der Waals surface area contributed by atoms with Gasteiger partial charge in [-0.2, -0.15) is 0 Å². The van der Waals surface area contributed by atoms with Crippen molar-refractivity contribution in [3.05, 3.63) is 35.4 Å². The van der Waals surface area contributed by atoms with E-state index in [2.05, 4.69) is 0 Å². The van der Waals surface area contributed by atoms with Gasteiger partial charge in [0.05, 0.1) is 12.2 Å². The van der Waals surface area contributed by atoms with Gasteiger partial charge in [-0.05, 0) is 30.5 Å². The summed E-state index contributed by atoms with van der Waals surface area (Å²) < 4.78 is 31.4. The molecule has 15 heavy (non-hydrogen) atoms. The minimum absolute atomic E-state index is 0.0151. The van der Waals surface area contributed by atoms with Crippen LogP contribution in [0.5, 0.6) is 0 Å². The lowest BCUT2D eigenvalue weighted by Gasteiger charge is -2.12. The van der Waals surface area contributed by atoms with E-state index in [0.29, 0.717) is 12.1 Å². The van der Waals surface area contributed by atoms with Gasteiger partial charge >= 0.3 is 0 Å². The van der Waals surface area contributed by atoms with Crippen LogP contribution in [0.25, 0.3) is 0 Å². The van der Waals surface area contributed by atoms with Gasteiger partial charge in [0, 0.05) is 12.6 Å². The van der Waals surface area contributed by atoms with Crippen LogP contribution in [-0.4, -0.2) is 12.6 Å². The fourth-order valence-electron chi connectivity index (χ4n) is 1.89. The zero-order valence-corrected chi connectivity index (χ0v) is 8.25. The first-order valence-corrected chi connectivity index (χ1v) is 5.00. The molecule has 1 aliphatic rings. The molecule has 1 aliphatic heterocycles. The molecule has 0 bridgehead atoms. The number of ether oxygens (including phenoxy) is 1. The lowest BCUT2D eigenvalue weighted by molar-refractivity contribution is 0.0495. The molecule has 0 saturated carbocycles. The van der Waals surface area contributed by atoms with Crippen molar-refractivity contribution >= 4 is 0 Å². The summed E-state index contributed by atoms with van der Waals surface area (Å²) in [6.07, 6.45) is 1.41. The SMILES string of the molecule is NC[C@@H]1CC[C@H](c2cc(F)cc(F)c2)O1. The van der Waals surface area contributed by atoms with Crippen molar-refractivity contribution in [3.8, 4) is 0 Å². The van der Waals surface area contributed by atoms with Crippen LogP contribution in [0, 0.1) is 11.6 Å². The lowest BCUT2D eigenvalue weighted by Crippen LogP contribution is -2.18. The Balaban J connectivity index is 2.16. The molecule has 0 unspecified atom stereocenters. The minimum atomic E-state index is -0.565. The van der Waals surface area contributed by atoms with Crippen LogP contribution < -0.4 is 5.73 Å². The van der Waals surface area contributed by atoms with Crippen LogP contribution in [0.1, 0.15) is 24.5 Å². The minimum Gasteiger partial charge on any atom is -0.369 e. The Hall–Kier alpha value is -1.00. The normalized spacial score (nSPS) is 25.8. The Morgan fingerprint density at radius 1 is 1.20 bits per heavy atom. The molecule has 1 fully saturated rings. The number of benzene rings is 1. The second-order valence-corrected chi connectivity index (χ2v) is 3.76. The van der Waals surface area contributed by atoms with E-state index in [1.165, 1.54) is 12.1 Å². The summed E-state index contributed by atoms with van der Waals surface area (Å²) in [4.78, 5) is 0. The van der Waals surface area contributed by atoms with Crippen molar-refractivity contribution < 1.29 is 13.5 Å². The molecular formula is C11H13F2NO. The van der Waals surface area contributed by atoms with E-state index >= 15 is 0 Å². The molecule has 0 aromatic heterocycles. The molecule has 0 amide bonds. The summed E-state index contributed by atoms with van der Waals surface area (Å²) in [6, 6.07) is 3.48. The van der Waals surface area contributed by atoms with Crippen molar-refractivity contribution in [2.75, 3.05) is 6.54 Å². The van der Waals surface area contributed by atoms with E-state index in [1.807, 2.05) is 0 Å². The third-order valence-corrected chi connectivity index (χ3v) is 2.63. The Morgan fingerprint density at radius 2 is 1.87 bits per heavy atom. The van der Waals surface area contributed by atoms with Crippen molar-refractivity contribution in [2.45, 2.75) is 25.0 Å². The number of hydrogen-bond acceptors (Lipinski definition) is 2. The number of halogens is 2. The fraction of sp³-hybridized carbons (Fsp3) is 0.455. The number of rotatable bonds is 2. The summed E-state index contributed by atoms with van der Waals surface area (Å²) in [5, 5.41) is 0. The lowest BCUT2D eigenvalue weighted by atomic mass is 10.1. The zero-order valence-electron chi connectivity index (χ0n) is 8.25. The molecule has 0 aliphatic carbocycles. The first-order valence-electron chi connectivity index (χ1n) is 5.00. The smallest absolute Gasteiger partial charge is 0.126 e. The molecule has 82 valence electrons. The maximum atomic E-state index is 12.9. The van der Waals surface area contributed by atoms with Crippen LogP contribution in [0.2, 0.25) is 0 Å². The Kier molecular flexibility index (Phi) is 2.98. The average molecular weight is 213 g/mol. The van der Waals surface area contributed by atoms with Crippen molar-refractivity contribution in [1.82, 2.24) is 0 Å². The van der Waals surface area contributed by atoms with Gasteiger partial charge in [-0.25, -0.2) is 8.78 Å². The van der Waals surface area contributed by atoms with E-state index in [4.69, 9.17) is 10.5 Å². The molecule has 1 heterocycles. The van der Waals surface area contributed by atoms with E-state index in [1.54, 1.807) is 0 Å². The highest BCUT2D eigenvalue weighted by atomic mass is 19.1. The van der Waals surface area contributed by atoms with Crippen LogP contribution in [0.15, 0.2) is 18.2 Å². The van der Waals surface area contributed by atoms with Gasteiger partial charge in [0.2, 0.25) is 0 Å². The quantitative estimate of drug-likeness (QED) is 0.816. The van der Waals surface area contributed by atoms with E-state index in [9.17, 15) is 8.78 Å². The predicted molar refractivity (Wildman–Crippen MR) is 52.3 cm³/mol. The molecule has 4 heteroatoms. The monoisotopic (exact) mass is 213 g/mol. The van der Waals surface area contributed by atoms with Gasteiger partial charge in [0.1, 0.15) is 11.6 Å². The molecule has 0 radical (unpaired) electrons. The molecule has 2 atom stereocenters. The fourth-order valence-corrected chi connectivity index (χ4v) is 1.89. The topological polar surface area (TPSA) is 35.2 Å². The van der Waals surface area contributed by atoms with E-state index in [0.717, 1.165) is 18.9 Å². The highest BCUT2D eigenvalue weighted by Crippen LogP contribution is 2.32. The zero-order chi connectivity index (χ0) is 10.8. The van der Waals surface area contributed by atoms with Gasteiger partial charge < -0.3 is 10.5 Å². The van der Waals surface area contributed by atoms with Gasteiger partial charge in [-0.15, -0.1) is 0 Å². The van der Waals surface area contributed by atoms with Crippen LogP contribution in [0.3, 0.4) is 0 Å². The second kappa shape index (κ2) is 4.24. The van der Waals surface area contributed by atoms with Gasteiger partial charge in [-0.3, -0.25) is 0 Å². The Bertz CT molecular complexity index is 336. The van der Waals surface area contributed by atoms with Gasteiger partial charge in [-0.1, -0.05) is 0 Å². The largest absolute Gasteiger partial charge is 0.369 e. The van der Waals surface area contributed by atoms with Gasteiger partial charge in [0.15, 0.2) is 0 Å². The first-order chi connectivity index (χ1) is 7.19. The number of nitrogens with two attached hydrogens (primary N) is 1. The van der Waals surface area contributed by atoms with Crippen molar-refractivity contribution in [2.24, 2.45) is 5.73 Å². The Labute approximate surface area is 87.0 Å². The maximum Gasteiger partial charge on any atom is 0.126 e.